The lowest BCUT2D eigenvalue weighted by Gasteiger charge is -2.22. The third kappa shape index (κ3) is 3.80. The molecule has 22 heavy (non-hydrogen) atoms. The predicted molar refractivity (Wildman–Crippen MR) is 78.2 cm³/mol. The number of methoxy groups -OCH3 is 3. The number of benzene rings is 1. The predicted octanol–water partition coefficient (Wildman–Crippen LogP) is 1.90. The first kappa shape index (κ1) is 16.4. The number of carbonyl (C=O) groups excluding carboxylic acids is 1. The van der Waals surface area contributed by atoms with E-state index >= 15 is 0 Å². The van der Waals surface area contributed by atoms with Gasteiger partial charge in [-0.3, -0.25) is 4.79 Å². The quantitative estimate of drug-likeness (QED) is 0.809. The van der Waals surface area contributed by atoms with Crippen LogP contribution in [0.15, 0.2) is 12.1 Å². The van der Waals surface area contributed by atoms with Crippen LogP contribution in [-0.2, 0) is 9.57 Å². The number of nitrogens with one attached hydrogen (secondary N) is 1. The fourth-order valence-corrected chi connectivity index (χ4v) is 2.19. The van der Waals surface area contributed by atoms with Gasteiger partial charge in [-0.25, -0.2) is 10.3 Å². The van der Waals surface area contributed by atoms with Crippen molar-refractivity contribution in [3.63, 3.8) is 0 Å². The maximum absolute atomic E-state index is 12.2. The van der Waals surface area contributed by atoms with Crippen LogP contribution in [0.4, 0.5) is 0 Å². The van der Waals surface area contributed by atoms with Crippen LogP contribution in [0.3, 0.4) is 0 Å². The lowest BCUT2D eigenvalue weighted by molar-refractivity contribution is -0.186. The van der Waals surface area contributed by atoms with Crippen molar-refractivity contribution < 1.29 is 28.6 Å². The molecule has 1 aromatic rings. The number of rotatable bonds is 6. The van der Waals surface area contributed by atoms with Crippen molar-refractivity contribution in [2.24, 2.45) is 0 Å². The number of hydrogen-bond donors (Lipinski definition) is 1. The Labute approximate surface area is 129 Å². The molecule has 1 fully saturated rings. The van der Waals surface area contributed by atoms with E-state index in [9.17, 15) is 4.79 Å². The van der Waals surface area contributed by atoms with E-state index in [1.807, 2.05) is 0 Å². The SMILES string of the molecule is COc1cc(C(=O)NO[C@@H]2CCCCO2)cc(OC)c1OC. The van der Waals surface area contributed by atoms with Crippen LogP contribution in [0.25, 0.3) is 0 Å². The minimum absolute atomic E-state index is 0.338. The number of amides is 1. The third-order valence-corrected chi connectivity index (χ3v) is 3.35. The smallest absolute Gasteiger partial charge is 0.275 e. The monoisotopic (exact) mass is 311 g/mol. The summed E-state index contributed by atoms with van der Waals surface area (Å²) >= 11 is 0. The molecule has 0 spiro atoms. The first-order valence-electron chi connectivity index (χ1n) is 7.07. The molecule has 0 unspecified atom stereocenters. The Morgan fingerprint density at radius 2 is 1.82 bits per heavy atom. The Balaban J connectivity index is 2.08. The molecular weight excluding hydrogens is 290 g/mol. The van der Waals surface area contributed by atoms with Gasteiger partial charge in [0.2, 0.25) is 5.75 Å². The summed E-state index contributed by atoms with van der Waals surface area (Å²) in [5.74, 6) is 0.827. The zero-order chi connectivity index (χ0) is 15.9. The van der Waals surface area contributed by atoms with E-state index in [4.69, 9.17) is 23.8 Å². The van der Waals surface area contributed by atoms with Crippen molar-refractivity contribution in [1.82, 2.24) is 5.48 Å². The molecule has 0 bridgehead atoms. The van der Waals surface area contributed by atoms with E-state index in [1.54, 1.807) is 12.1 Å². The number of hydrogen-bond acceptors (Lipinski definition) is 6. The van der Waals surface area contributed by atoms with Crippen LogP contribution in [-0.4, -0.2) is 40.1 Å². The molecule has 122 valence electrons. The van der Waals surface area contributed by atoms with Crippen LogP contribution in [0.2, 0.25) is 0 Å². The molecular formula is C15H21NO6. The summed E-state index contributed by atoms with van der Waals surface area (Å²) in [7, 11) is 4.49. The van der Waals surface area contributed by atoms with Gasteiger partial charge in [0.1, 0.15) is 0 Å². The Morgan fingerprint density at radius 3 is 2.32 bits per heavy atom. The first-order chi connectivity index (χ1) is 10.7. The summed E-state index contributed by atoms with van der Waals surface area (Å²) in [4.78, 5) is 17.4. The van der Waals surface area contributed by atoms with Crippen LogP contribution in [0.5, 0.6) is 17.2 Å². The number of hydroxylamine groups is 1. The minimum Gasteiger partial charge on any atom is -0.493 e. The maximum atomic E-state index is 12.2. The van der Waals surface area contributed by atoms with Crippen molar-refractivity contribution in [3.8, 4) is 17.2 Å². The van der Waals surface area contributed by atoms with Crippen LogP contribution in [0.1, 0.15) is 29.6 Å². The van der Waals surface area contributed by atoms with Gasteiger partial charge in [0.25, 0.3) is 5.91 Å². The second kappa shape index (κ2) is 7.86. The van der Waals surface area contributed by atoms with E-state index in [0.717, 1.165) is 19.3 Å². The molecule has 1 amide bonds. The molecule has 1 saturated heterocycles. The molecule has 1 heterocycles. The van der Waals surface area contributed by atoms with Gasteiger partial charge >= 0.3 is 0 Å². The highest BCUT2D eigenvalue weighted by molar-refractivity contribution is 5.95. The molecule has 7 heteroatoms. The first-order valence-corrected chi connectivity index (χ1v) is 7.07. The highest BCUT2D eigenvalue weighted by atomic mass is 16.8. The highest BCUT2D eigenvalue weighted by Gasteiger charge is 2.19. The molecule has 0 saturated carbocycles. The Hall–Kier alpha value is -1.99. The summed E-state index contributed by atoms with van der Waals surface area (Å²) < 4.78 is 21.0. The minimum atomic E-state index is -0.409. The molecule has 1 aliphatic heterocycles. The summed E-state index contributed by atoms with van der Waals surface area (Å²) in [5.41, 5.74) is 2.73. The summed E-state index contributed by atoms with van der Waals surface area (Å²) in [6.07, 6.45) is 2.39. The second-order valence-corrected chi connectivity index (χ2v) is 4.76. The largest absolute Gasteiger partial charge is 0.493 e. The van der Waals surface area contributed by atoms with Gasteiger partial charge in [-0.05, 0) is 25.0 Å². The van der Waals surface area contributed by atoms with Crippen molar-refractivity contribution in [2.45, 2.75) is 25.6 Å². The van der Waals surface area contributed by atoms with E-state index in [2.05, 4.69) is 5.48 Å². The molecule has 0 aromatic heterocycles. The van der Waals surface area contributed by atoms with E-state index in [0.29, 0.717) is 29.4 Å². The van der Waals surface area contributed by atoms with E-state index < -0.39 is 12.2 Å². The zero-order valence-electron chi connectivity index (χ0n) is 13.0. The Bertz CT molecular complexity index is 488. The molecule has 1 atom stereocenters. The van der Waals surface area contributed by atoms with Gasteiger partial charge < -0.3 is 18.9 Å². The lowest BCUT2D eigenvalue weighted by Crippen LogP contribution is -2.33. The van der Waals surface area contributed by atoms with Gasteiger partial charge in [-0.2, -0.15) is 0 Å². The average Bonchev–Trinajstić information content (AvgIpc) is 2.59. The molecule has 1 aliphatic rings. The number of ether oxygens (including phenoxy) is 4. The molecule has 1 aromatic carbocycles. The normalized spacial score (nSPS) is 17.7. The van der Waals surface area contributed by atoms with Crippen LogP contribution >= 0.6 is 0 Å². The summed E-state index contributed by atoms with van der Waals surface area (Å²) in [6, 6.07) is 3.11. The van der Waals surface area contributed by atoms with Gasteiger partial charge in [-0.15, -0.1) is 0 Å². The van der Waals surface area contributed by atoms with Gasteiger partial charge in [0.15, 0.2) is 17.8 Å². The van der Waals surface area contributed by atoms with Crippen molar-refractivity contribution in [1.29, 1.82) is 0 Å². The molecule has 7 nitrogen and oxygen atoms in total. The van der Waals surface area contributed by atoms with E-state index in [-0.39, 0.29) is 0 Å². The summed E-state index contributed by atoms with van der Waals surface area (Å²) in [5, 5.41) is 0. The molecule has 0 radical (unpaired) electrons. The Morgan fingerprint density at radius 1 is 1.14 bits per heavy atom. The zero-order valence-corrected chi connectivity index (χ0v) is 13.0. The van der Waals surface area contributed by atoms with Crippen molar-refractivity contribution >= 4 is 5.91 Å². The number of carbonyl (C=O) groups is 1. The second-order valence-electron chi connectivity index (χ2n) is 4.76. The third-order valence-electron chi connectivity index (χ3n) is 3.35. The van der Waals surface area contributed by atoms with Crippen LogP contribution in [0, 0.1) is 0 Å². The van der Waals surface area contributed by atoms with Gasteiger partial charge in [0, 0.05) is 18.6 Å². The lowest BCUT2D eigenvalue weighted by atomic mass is 10.1. The fraction of sp³-hybridized carbons (Fsp3) is 0.533. The van der Waals surface area contributed by atoms with Gasteiger partial charge in [-0.1, -0.05) is 0 Å². The Kier molecular flexibility index (Phi) is 5.85. The van der Waals surface area contributed by atoms with E-state index in [1.165, 1.54) is 21.3 Å². The average molecular weight is 311 g/mol. The summed E-state index contributed by atoms with van der Waals surface area (Å²) in [6.45, 7) is 0.644. The van der Waals surface area contributed by atoms with Crippen molar-refractivity contribution in [3.05, 3.63) is 17.7 Å². The highest BCUT2D eigenvalue weighted by Crippen LogP contribution is 2.38. The van der Waals surface area contributed by atoms with Gasteiger partial charge in [0.05, 0.1) is 21.3 Å². The molecule has 0 aliphatic carbocycles. The van der Waals surface area contributed by atoms with Crippen molar-refractivity contribution in [2.75, 3.05) is 27.9 Å². The molecule has 2 rings (SSSR count). The molecule has 1 N–H and O–H groups in total. The topological polar surface area (TPSA) is 75.3 Å². The maximum Gasteiger partial charge on any atom is 0.275 e. The standard InChI is InChI=1S/C15H21NO6/c1-18-11-8-10(9-12(19-2)14(11)20-3)15(17)16-22-13-6-4-5-7-21-13/h8-9,13H,4-7H2,1-3H3,(H,16,17)/t13-/m1/s1. The fourth-order valence-electron chi connectivity index (χ4n) is 2.19. The van der Waals surface area contributed by atoms with Crippen LogP contribution < -0.4 is 19.7 Å².